The summed E-state index contributed by atoms with van der Waals surface area (Å²) in [5, 5.41) is 6.73. The Morgan fingerprint density at radius 1 is 1.15 bits per heavy atom. The molecule has 1 amide bonds. The molecule has 0 atom stereocenters. The number of rotatable bonds is 7. The second-order valence-electron chi connectivity index (χ2n) is 9.64. The van der Waals surface area contributed by atoms with Crippen LogP contribution in [0.1, 0.15) is 38.7 Å². The maximum absolute atomic E-state index is 15.1. The summed E-state index contributed by atoms with van der Waals surface area (Å²) >= 11 is 0. The predicted molar refractivity (Wildman–Crippen MR) is 133 cm³/mol. The van der Waals surface area contributed by atoms with Crippen LogP contribution in [0.25, 0.3) is 11.5 Å². The molecule has 2 aromatic heterocycles. The summed E-state index contributed by atoms with van der Waals surface area (Å²) in [6.07, 6.45) is -0.695. The van der Waals surface area contributed by atoms with Gasteiger partial charge in [0.25, 0.3) is 5.89 Å². The fourth-order valence-corrected chi connectivity index (χ4v) is 5.36. The molecular weight excluding hydrogens is 541 g/mol. The Morgan fingerprint density at radius 2 is 1.87 bits per heavy atom. The summed E-state index contributed by atoms with van der Waals surface area (Å²) in [6.45, 7) is 5.07. The summed E-state index contributed by atoms with van der Waals surface area (Å²) in [4.78, 5) is 17.8. The van der Waals surface area contributed by atoms with Gasteiger partial charge in [-0.15, -0.1) is 10.2 Å². The van der Waals surface area contributed by atoms with E-state index >= 15 is 4.39 Å². The molecule has 11 nitrogen and oxygen atoms in total. The molecule has 1 aliphatic rings. The SMILES string of the molecule is CC(C)(C)OC(=O)N1CCN(S(=O)(=O)N(Cc2ccc(-c3nnc(C(F)F)o3)cc2F)c2cccnc2)CC1. The number of carbonyl (C=O) groups is 1. The Hall–Kier alpha value is -3.72. The first-order chi connectivity index (χ1) is 18.3. The standard InChI is InChI=1S/C24H27F3N6O5S/c1-24(2,3)38-23(34)31-9-11-32(12-10-31)39(35,36)33(18-5-4-8-28-14-18)15-17-7-6-16(13-19(17)25)21-29-30-22(37-21)20(26)27/h4-8,13-14,20H,9-12,15H2,1-3H3. The van der Waals surface area contributed by atoms with Crippen LogP contribution in [0.4, 0.5) is 23.7 Å². The van der Waals surface area contributed by atoms with Gasteiger partial charge in [-0.1, -0.05) is 6.07 Å². The van der Waals surface area contributed by atoms with Crippen molar-refractivity contribution in [3.8, 4) is 11.5 Å². The van der Waals surface area contributed by atoms with Gasteiger partial charge in [-0.25, -0.2) is 9.18 Å². The number of anilines is 1. The molecule has 0 saturated carbocycles. The molecule has 0 bridgehead atoms. The lowest BCUT2D eigenvalue weighted by molar-refractivity contribution is 0.0192. The van der Waals surface area contributed by atoms with Gasteiger partial charge in [0.05, 0.1) is 18.4 Å². The van der Waals surface area contributed by atoms with Crippen molar-refractivity contribution in [1.82, 2.24) is 24.4 Å². The molecule has 3 heterocycles. The van der Waals surface area contributed by atoms with Crippen LogP contribution >= 0.6 is 0 Å². The number of alkyl halides is 2. The quantitative estimate of drug-likeness (QED) is 0.419. The molecule has 0 spiro atoms. The third kappa shape index (κ3) is 6.65. The lowest BCUT2D eigenvalue weighted by atomic mass is 10.1. The van der Waals surface area contributed by atoms with Crippen LogP contribution in [-0.4, -0.2) is 70.7 Å². The average molecular weight is 569 g/mol. The van der Waals surface area contributed by atoms with Gasteiger partial charge in [-0.05, 0) is 45.0 Å². The zero-order valence-electron chi connectivity index (χ0n) is 21.4. The fourth-order valence-electron chi connectivity index (χ4n) is 3.78. The highest BCUT2D eigenvalue weighted by molar-refractivity contribution is 7.90. The molecule has 0 N–H and O–H groups in total. The topological polar surface area (TPSA) is 122 Å². The van der Waals surface area contributed by atoms with Crippen LogP contribution in [-0.2, 0) is 21.5 Å². The number of amides is 1. The molecule has 39 heavy (non-hydrogen) atoms. The van der Waals surface area contributed by atoms with Crippen molar-refractivity contribution in [3.05, 3.63) is 60.0 Å². The van der Waals surface area contributed by atoms with Gasteiger partial charge in [0, 0.05) is 43.5 Å². The van der Waals surface area contributed by atoms with E-state index in [1.807, 2.05) is 0 Å². The Balaban J connectivity index is 1.55. The Morgan fingerprint density at radius 3 is 2.44 bits per heavy atom. The highest BCUT2D eigenvalue weighted by atomic mass is 32.2. The fraction of sp³-hybridized carbons (Fsp3) is 0.417. The zero-order chi connectivity index (χ0) is 28.4. The van der Waals surface area contributed by atoms with Gasteiger partial charge in [0.2, 0.25) is 5.89 Å². The van der Waals surface area contributed by atoms with Crippen molar-refractivity contribution in [2.24, 2.45) is 0 Å². The smallest absolute Gasteiger partial charge is 0.410 e. The molecule has 0 aliphatic carbocycles. The number of piperazine rings is 1. The van der Waals surface area contributed by atoms with Crippen molar-refractivity contribution < 1.29 is 35.5 Å². The molecule has 4 rings (SSSR count). The summed E-state index contributed by atoms with van der Waals surface area (Å²) in [6, 6.07) is 6.77. The molecular formula is C24H27F3N6O5S. The zero-order valence-corrected chi connectivity index (χ0v) is 22.2. The second-order valence-corrected chi connectivity index (χ2v) is 11.5. The van der Waals surface area contributed by atoms with E-state index in [1.54, 1.807) is 26.8 Å². The number of carbonyl (C=O) groups excluding carboxylic acids is 1. The van der Waals surface area contributed by atoms with E-state index in [2.05, 4.69) is 15.2 Å². The normalized spacial score (nSPS) is 15.0. The first-order valence-electron chi connectivity index (χ1n) is 11.9. The third-order valence-electron chi connectivity index (χ3n) is 5.67. The summed E-state index contributed by atoms with van der Waals surface area (Å²) in [7, 11) is -4.19. The van der Waals surface area contributed by atoms with E-state index in [0.717, 1.165) is 10.4 Å². The van der Waals surface area contributed by atoms with Crippen molar-refractivity contribution in [2.45, 2.75) is 39.3 Å². The molecule has 1 aliphatic heterocycles. The average Bonchev–Trinajstić information content (AvgIpc) is 3.38. The number of benzene rings is 1. The van der Waals surface area contributed by atoms with Gasteiger partial charge >= 0.3 is 22.7 Å². The highest BCUT2D eigenvalue weighted by Gasteiger charge is 2.35. The first kappa shape index (κ1) is 28.3. The summed E-state index contributed by atoms with van der Waals surface area (Å²) in [5.74, 6) is -1.99. The molecule has 15 heteroatoms. The van der Waals surface area contributed by atoms with Crippen molar-refractivity contribution >= 4 is 22.0 Å². The number of pyridine rings is 1. The van der Waals surface area contributed by atoms with Crippen LogP contribution in [0.5, 0.6) is 0 Å². The molecule has 0 radical (unpaired) electrons. The number of hydrogen-bond donors (Lipinski definition) is 0. The molecule has 1 fully saturated rings. The number of halogens is 3. The Labute approximate surface area is 223 Å². The van der Waals surface area contributed by atoms with E-state index in [4.69, 9.17) is 9.15 Å². The van der Waals surface area contributed by atoms with Crippen LogP contribution in [0.3, 0.4) is 0 Å². The molecule has 0 unspecified atom stereocenters. The second kappa shape index (κ2) is 11.2. The van der Waals surface area contributed by atoms with E-state index in [1.165, 1.54) is 39.8 Å². The summed E-state index contributed by atoms with van der Waals surface area (Å²) in [5.41, 5.74) is -0.419. The van der Waals surface area contributed by atoms with Crippen LogP contribution in [0.2, 0.25) is 0 Å². The van der Waals surface area contributed by atoms with Crippen LogP contribution in [0, 0.1) is 5.82 Å². The van der Waals surface area contributed by atoms with Gasteiger partial charge in [-0.2, -0.15) is 21.5 Å². The van der Waals surface area contributed by atoms with Crippen molar-refractivity contribution in [1.29, 1.82) is 0 Å². The van der Waals surface area contributed by atoms with Crippen molar-refractivity contribution in [3.63, 3.8) is 0 Å². The summed E-state index contributed by atoms with van der Waals surface area (Å²) < 4.78 is 80.6. The minimum absolute atomic E-state index is 0.00336. The van der Waals surface area contributed by atoms with Crippen LogP contribution < -0.4 is 4.31 Å². The minimum Gasteiger partial charge on any atom is -0.444 e. The largest absolute Gasteiger partial charge is 0.444 e. The van der Waals surface area contributed by atoms with E-state index in [9.17, 15) is 22.0 Å². The van der Waals surface area contributed by atoms with E-state index in [-0.39, 0.29) is 48.9 Å². The van der Waals surface area contributed by atoms with E-state index in [0.29, 0.717) is 0 Å². The third-order valence-corrected chi connectivity index (χ3v) is 7.58. The Kier molecular flexibility index (Phi) is 8.11. The van der Waals surface area contributed by atoms with Crippen LogP contribution in [0.15, 0.2) is 47.1 Å². The van der Waals surface area contributed by atoms with Crippen molar-refractivity contribution in [2.75, 3.05) is 30.5 Å². The Bertz CT molecular complexity index is 1410. The van der Waals surface area contributed by atoms with Gasteiger partial charge in [0.1, 0.15) is 11.4 Å². The van der Waals surface area contributed by atoms with Gasteiger partial charge < -0.3 is 14.1 Å². The highest BCUT2D eigenvalue weighted by Crippen LogP contribution is 2.28. The first-order valence-corrected chi connectivity index (χ1v) is 13.3. The van der Waals surface area contributed by atoms with Gasteiger partial charge in [0.15, 0.2) is 0 Å². The van der Waals surface area contributed by atoms with Gasteiger partial charge in [-0.3, -0.25) is 9.29 Å². The van der Waals surface area contributed by atoms with E-state index < -0.39 is 46.6 Å². The number of aromatic nitrogens is 3. The molecule has 210 valence electrons. The number of hydrogen-bond acceptors (Lipinski definition) is 8. The monoisotopic (exact) mass is 568 g/mol. The molecule has 1 saturated heterocycles. The lowest BCUT2D eigenvalue weighted by Gasteiger charge is -2.37. The predicted octanol–water partition coefficient (Wildman–Crippen LogP) is 4.01. The molecule has 3 aromatic rings. The number of nitrogens with zero attached hydrogens (tertiary/aromatic N) is 6. The maximum Gasteiger partial charge on any atom is 0.410 e. The minimum atomic E-state index is -4.19. The maximum atomic E-state index is 15.1. The molecule has 1 aromatic carbocycles. The lowest BCUT2D eigenvalue weighted by Crippen LogP contribution is -2.54. The number of ether oxygens (including phenoxy) is 1.